The zero-order valence-corrected chi connectivity index (χ0v) is 8.45. The Labute approximate surface area is 85.3 Å². The SMILES string of the molecule is CC(O)CN(C)CC(C(=O)O)C(F)(F)F. The topological polar surface area (TPSA) is 60.8 Å². The molecule has 0 radical (unpaired) electrons. The summed E-state index contributed by atoms with van der Waals surface area (Å²) in [5.41, 5.74) is 0. The molecule has 0 amide bonds. The van der Waals surface area contributed by atoms with Gasteiger partial charge in [0.25, 0.3) is 0 Å². The normalized spacial score (nSPS) is 16.5. The van der Waals surface area contributed by atoms with Crippen molar-refractivity contribution in [2.45, 2.75) is 19.2 Å². The van der Waals surface area contributed by atoms with E-state index in [1.54, 1.807) is 0 Å². The van der Waals surface area contributed by atoms with Crippen molar-refractivity contribution in [1.82, 2.24) is 4.90 Å². The number of carbonyl (C=O) groups is 1. The van der Waals surface area contributed by atoms with Crippen molar-refractivity contribution in [1.29, 1.82) is 0 Å². The molecule has 0 saturated heterocycles. The van der Waals surface area contributed by atoms with E-state index in [9.17, 15) is 18.0 Å². The van der Waals surface area contributed by atoms with Crippen LogP contribution in [0.15, 0.2) is 0 Å². The van der Waals surface area contributed by atoms with E-state index >= 15 is 0 Å². The van der Waals surface area contributed by atoms with Gasteiger partial charge in [-0.05, 0) is 14.0 Å². The molecule has 15 heavy (non-hydrogen) atoms. The Morgan fingerprint density at radius 3 is 2.13 bits per heavy atom. The van der Waals surface area contributed by atoms with Crippen LogP contribution in [0.5, 0.6) is 0 Å². The highest BCUT2D eigenvalue weighted by molar-refractivity contribution is 5.71. The van der Waals surface area contributed by atoms with E-state index in [-0.39, 0.29) is 6.54 Å². The summed E-state index contributed by atoms with van der Waals surface area (Å²) in [6.07, 6.45) is -5.56. The van der Waals surface area contributed by atoms with Gasteiger partial charge >= 0.3 is 12.1 Å². The number of hydrogen-bond donors (Lipinski definition) is 2. The van der Waals surface area contributed by atoms with Crippen LogP contribution in [0.1, 0.15) is 6.92 Å². The van der Waals surface area contributed by atoms with Crippen LogP contribution in [-0.2, 0) is 4.79 Å². The summed E-state index contributed by atoms with van der Waals surface area (Å²) in [5.74, 6) is -4.32. The minimum atomic E-state index is -4.77. The number of likely N-dealkylation sites (N-methyl/N-ethyl adjacent to an activating group) is 1. The summed E-state index contributed by atoms with van der Waals surface area (Å²) in [4.78, 5) is 11.5. The number of nitrogens with zero attached hydrogens (tertiary/aromatic N) is 1. The zero-order valence-electron chi connectivity index (χ0n) is 8.45. The minimum absolute atomic E-state index is 0.000139. The van der Waals surface area contributed by atoms with Gasteiger partial charge in [0.2, 0.25) is 0 Å². The van der Waals surface area contributed by atoms with Crippen molar-refractivity contribution in [3.8, 4) is 0 Å². The Balaban J connectivity index is 4.37. The number of aliphatic carboxylic acids is 1. The van der Waals surface area contributed by atoms with Crippen LogP contribution in [0.2, 0.25) is 0 Å². The first-order chi connectivity index (χ1) is 6.64. The fraction of sp³-hybridized carbons (Fsp3) is 0.875. The lowest BCUT2D eigenvalue weighted by Crippen LogP contribution is -2.41. The summed E-state index contributed by atoms with van der Waals surface area (Å²) in [6, 6.07) is 0. The second-order valence-electron chi connectivity index (χ2n) is 3.50. The van der Waals surface area contributed by atoms with Gasteiger partial charge in [-0.25, -0.2) is 0 Å². The van der Waals surface area contributed by atoms with Crippen LogP contribution in [0.3, 0.4) is 0 Å². The largest absolute Gasteiger partial charge is 0.481 e. The van der Waals surface area contributed by atoms with Crippen molar-refractivity contribution < 1.29 is 28.2 Å². The average molecular weight is 229 g/mol. The van der Waals surface area contributed by atoms with Gasteiger partial charge in [0.05, 0.1) is 6.10 Å². The molecule has 0 spiro atoms. The first-order valence-corrected chi connectivity index (χ1v) is 4.30. The van der Waals surface area contributed by atoms with Crippen LogP contribution in [-0.4, -0.2) is 53.5 Å². The van der Waals surface area contributed by atoms with Gasteiger partial charge < -0.3 is 15.1 Å². The molecule has 0 aliphatic heterocycles. The Kier molecular flexibility index (Phi) is 5.02. The molecule has 0 heterocycles. The van der Waals surface area contributed by atoms with Crippen LogP contribution in [0, 0.1) is 5.92 Å². The van der Waals surface area contributed by atoms with Crippen molar-refractivity contribution in [3.05, 3.63) is 0 Å². The smallest absolute Gasteiger partial charge is 0.403 e. The zero-order chi connectivity index (χ0) is 12.2. The van der Waals surface area contributed by atoms with E-state index in [1.165, 1.54) is 14.0 Å². The number of halogens is 3. The van der Waals surface area contributed by atoms with Crippen LogP contribution in [0.25, 0.3) is 0 Å². The van der Waals surface area contributed by atoms with Crippen molar-refractivity contribution in [2.24, 2.45) is 5.92 Å². The first kappa shape index (κ1) is 14.2. The Bertz CT molecular complexity index is 218. The highest BCUT2D eigenvalue weighted by Gasteiger charge is 2.45. The standard InChI is InChI=1S/C8H14F3NO3/c1-5(13)3-12(2)4-6(7(14)15)8(9,10)11/h5-6,13H,3-4H2,1-2H3,(H,14,15). The van der Waals surface area contributed by atoms with Crippen molar-refractivity contribution >= 4 is 5.97 Å². The summed E-state index contributed by atoms with van der Waals surface area (Å²) in [5, 5.41) is 17.3. The van der Waals surface area contributed by atoms with Gasteiger partial charge in [-0.2, -0.15) is 13.2 Å². The highest BCUT2D eigenvalue weighted by Crippen LogP contribution is 2.26. The molecule has 0 aromatic heterocycles. The van der Waals surface area contributed by atoms with Crippen LogP contribution in [0.4, 0.5) is 13.2 Å². The number of aliphatic hydroxyl groups is 1. The van der Waals surface area contributed by atoms with Crippen LogP contribution >= 0.6 is 0 Å². The summed E-state index contributed by atoms with van der Waals surface area (Å²) in [7, 11) is 1.33. The third kappa shape index (κ3) is 5.58. The molecule has 4 nitrogen and oxygen atoms in total. The molecule has 2 atom stereocenters. The van der Waals surface area contributed by atoms with Gasteiger partial charge in [0.15, 0.2) is 5.92 Å². The molecule has 0 aromatic rings. The monoisotopic (exact) mass is 229 g/mol. The molecular weight excluding hydrogens is 215 g/mol. The predicted octanol–water partition coefficient (Wildman–Crippen LogP) is 0.562. The first-order valence-electron chi connectivity index (χ1n) is 4.30. The quantitative estimate of drug-likeness (QED) is 0.723. The fourth-order valence-electron chi connectivity index (χ4n) is 1.16. The summed E-state index contributed by atoms with van der Waals surface area (Å²) < 4.78 is 36.6. The maximum Gasteiger partial charge on any atom is 0.403 e. The Hall–Kier alpha value is -0.820. The number of rotatable bonds is 5. The Morgan fingerprint density at radius 2 is 1.87 bits per heavy atom. The van der Waals surface area contributed by atoms with Gasteiger partial charge in [0, 0.05) is 13.1 Å². The minimum Gasteiger partial charge on any atom is -0.481 e. The second-order valence-corrected chi connectivity index (χ2v) is 3.50. The number of alkyl halides is 3. The van der Waals surface area contributed by atoms with E-state index < -0.39 is 30.7 Å². The molecule has 0 aromatic carbocycles. The molecule has 0 aliphatic carbocycles. The maximum atomic E-state index is 12.2. The average Bonchev–Trinajstić information content (AvgIpc) is 1.95. The Morgan fingerprint density at radius 1 is 1.40 bits per heavy atom. The number of aliphatic hydroxyl groups excluding tert-OH is 1. The molecule has 0 rings (SSSR count). The van der Waals surface area contributed by atoms with Gasteiger partial charge in [-0.1, -0.05) is 0 Å². The van der Waals surface area contributed by atoms with E-state index in [0.717, 1.165) is 4.90 Å². The van der Waals surface area contributed by atoms with Gasteiger partial charge in [0.1, 0.15) is 0 Å². The van der Waals surface area contributed by atoms with E-state index in [2.05, 4.69) is 0 Å². The molecule has 0 fully saturated rings. The lowest BCUT2D eigenvalue weighted by Gasteiger charge is -2.23. The molecule has 2 N–H and O–H groups in total. The van der Waals surface area contributed by atoms with E-state index in [0.29, 0.717) is 0 Å². The van der Waals surface area contributed by atoms with Crippen LogP contribution < -0.4 is 0 Å². The summed E-state index contributed by atoms with van der Waals surface area (Å²) >= 11 is 0. The molecular formula is C8H14F3NO3. The number of carboxylic acid groups (broad SMARTS) is 1. The van der Waals surface area contributed by atoms with Gasteiger partial charge in [-0.3, -0.25) is 4.79 Å². The molecule has 90 valence electrons. The van der Waals surface area contributed by atoms with E-state index in [1.807, 2.05) is 0 Å². The molecule has 0 saturated carbocycles. The maximum absolute atomic E-state index is 12.2. The van der Waals surface area contributed by atoms with Crippen molar-refractivity contribution in [2.75, 3.05) is 20.1 Å². The lowest BCUT2D eigenvalue weighted by molar-refractivity contribution is -0.196. The third-order valence-corrected chi connectivity index (χ3v) is 1.76. The third-order valence-electron chi connectivity index (χ3n) is 1.76. The van der Waals surface area contributed by atoms with E-state index in [4.69, 9.17) is 10.2 Å². The molecule has 7 heteroatoms. The predicted molar refractivity (Wildman–Crippen MR) is 46.4 cm³/mol. The fourth-order valence-corrected chi connectivity index (χ4v) is 1.16. The van der Waals surface area contributed by atoms with Crippen molar-refractivity contribution in [3.63, 3.8) is 0 Å². The number of hydrogen-bond acceptors (Lipinski definition) is 3. The molecule has 2 unspecified atom stereocenters. The highest BCUT2D eigenvalue weighted by atomic mass is 19.4. The number of carboxylic acids is 1. The molecule has 0 aliphatic rings. The second kappa shape index (κ2) is 5.32. The molecule has 0 bridgehead atoms. The summed E-state index contributed by atoms with van der Waals surface area (Å²) in [6.45, 7) is 0.753. The lowest BCUT2D eigenvalue weighted by atomic mass is 10.1. The van der Waals surface area contributed by atoms with Gasteiger partial charge in [-0.15, -0.1) is 0 Å².